The minimum absolute atomic E-state index is 0.129. The van der Waals surface area contributed by atoms with E-state index in [-0.39, 0.29) is 11.3 Å². The zero-order valence-corrected chi connectivity index (χ0v) is 17.9. The number of rotatable bonds is 5. The van der Waals surface area contributed by atoms with E-state index >= 15 is 0 Å². The Morgan fingerprint density at radius 1 is 1.10 bits per heavy atom. The molecule has 0 spiro atoms. The fraction of sp³-hybridized carbons (Fsp3) is 0.375. The van der Waals surface area contributed by atoms with Crippen LogP contribution in [0.5, 0.6) is 0 Å². The van der Waals surface area contributed by atoms with E-state index < -0.39 is 17.7 Å². The monoisotopic (exact) mass is 421 g/mol. The van der Waals surface area contributed by atoms with Crippen molar-refractivity contribution in [3.05, 3.63) is 70.6 Å². The van der Waals surface area contributed by atoms with Gasteiger partial charge in [0.15, 0.2) is 0 Å². The minimum Gasteiger partial charge on any atom is -0.507 e. The lowest BCUT2D eigenvalue weighted by molar-refractivity contribution is -0.140. The van der Waals surface area contributed by atoms with Crippen LogP contribution in [0.1, 0.15) is 28.3 Å². The molecule has 0 bridgehead atoms. The number of morpholine rings is 1. The number of aliphatic hydroxyl groups is 1. The number of aliphatic hydroxyl groups excluding tert-OH is 1. The molecule has 1 N–H and O–H groups in total. The molecule has 0 aliphatic carbocycles. The van der Waals surface area contributed by atoms with Crippen molar-refractivity contribution in [2.24, 2.45) is 0 Å². The van der Waals surface area contributed by atoms with E-state index in [9.17, 15) is 14.7 Å². The van der Waals surface area contributed by atoms with Crippen LogP contribution in [0.3, 0.4) is 0 Å². The summed E-state index contributed by atoms with van der Waals surface area (Å²) in [6.45, 7) is 7.77. The molecule has 4 rings (SSSR count). The van der Waals surface area contributed by atoms with Gasteiger partial charge in [-0.1, -0.05) is 17.7 Å². The molecule has 2 aliphatic heterocycles. The third-order valence-corrected chi connectivity index (χ3v) is 5.97. The van der Waals surface area contributed by atoms with Gasteiger partial charge in [-0.05, 0) is 43.2 Å². The van der Waals surface area contributed by atoms with Crippen LogP contribution < -0.4 is 0 Å². The molecule has 2 saturated heterocycles. The number of carbonyl (C=O) groups is 2. The average molecular weight is 421 g/mol. The standard InChI is InChI=1S/C24H27N3O4/c1-16-3-4-17(2)19(15-16)22(28)20-21(18-5-7-25-8-6-18)27(24(30)23(20)29)10-9-26-11-13-31-14-12-26/h3-8,15,21,28H,9-14H2,1-2H3/t21-/m0/s1. The van der Waals surface area contributed by atoms with E-state index in [1.54, 1.807) is 29.4 Å². The number of hydrogen-bond acceptors (Lipinski definition) is 6. The van der Waals surface area contributed by atoms with Crippen molar-refractivity contribution in [3.63, 3.8) is 0 Å². The molecule has 2 fully saturated rings. The number of pyridine rings is 1. The van der Waals surface area contributed by atoms with E-state index in [0.717, 1.165) is 29.8 Å². The highest BCUT2D eigenvalue weighted by atomic mass is 16.5. The molecule has 0 radical (unpaired) electrons. The van der Waals surface area contributed by atoms with Crippen LogP contribution in [0.25, 0.3) is 5.76 Å². The van der Waals surface area contributed by atoms with Gasteiger partial charge in [0.2, 0.25) is 0 Å². The SMILES string of the molecule is Cc1ccc(C)c(C(O)=C2C(=O)C(=O)N(CCN3CCOCC3)[C@H]2c2ccncc2)c1. The molecular weight excluding hydrogens is 394 g/mol. The van der Waals surface area contributed by atoms with E-state index in [2.05, 4.69) is 9.88 Å². The number of ether oxygens (including phenoxy) is 1. The Morgan fingerprint density at radius 2 is 1.81 bits per heavy atom. The summed E-state index contributed by atoms with van der Waals surface area (Å²) in [5, 5.41) is 11.2. The Labute approximate surface area is 182 Å². The molecule has 0 saturated carbocycles. The summed E-state index contributed by atoms with van der Waals surface area (Å²) in [6, 6.07) is 8.62. The van der Waals surface area contributed by atoms with Crippen molar-refractivity contribution >= 4 is 17.4 Å². The Balaban J connectivity index is 1.75. The molecule has 31 heavy (non-hydrogen) atoms. The Hall–Kier alpha value is -3.03. The number of ketones is 1. The summed E-state index contributed by atoms with van der Waals surface area (Å²) >= 11 is 0. The topological polar surface area (TPSA) is 83.0 Å². The normalized spacial score (nSPS) is 21.6. The number of amides is 1. The number of nitrogens with zero attached hydrogens (tertiary/aromatic N) is 3. The quantitative estimate of drug-likeness (QED) is 0.454. The number of Topliss-reactive ketones (excluding diaryl/α,β-unsaturated/α-hetero) is 1. The highest BCUT2D eigenvalue weighted by Crippen LogP contribution is 2.39. The summed E-state index contributed by atoms with van der Waals surface area (Å²) in [7, 11) is 0. The molecule has 1 atom stereocenters. The van der Waals surface area contributed by atoms with Crippen molar-refractivity contribution in [3.8, 4) is 0 Å². The fourth-order valence-corrected chi connectivity index (χ4v) is 4.21. The van der Waals surface area contributed by atoms with Crippen LogP contribution in [0.15, 0.2) is 48.3 Å². The van der Waals surface area contributed by atoms with Crippen molar-refractivity contribution in [2.45, 2.75) is 19.9 Å². The maximum atomic E-state index is 13.1. The predicted octanol–water partition coefficient (Wildman–Crippen LogP) is 2.45. The molecule has 2 aliphatic rings. The van der Waals surface area contributed by atoms with Gasteiger partial charge in [-0.15, -0.1) is 0 Å². The van der Waals surface area contributed by atoms with Crippen LogP contribution in [0, 0.1) is 13.8 Å². The number of aryl methyl sites for hydroxylation is 2. The van der Waals surface area contributed by atoms with Gasteiger partial charge in [-0.3, -0.25) is 19.5 Å². The number of likely N-dealkylation sites (tertiary alicyclic amines) is 1. The van der Waals surface area contributed by atoms with Gasteiger partial charge in [-0.2, -0.15) is 0 Å². The number of hydrogen-bond donors (Lipinski definition) is 1. The van der Waals surface area contributed by atoms with E-state index in [1.807, 2.05) is 32.0 Å². The van der Waals surface area contributed by atoms with Crippen LogP contribution in [-0.4, -0.2) is 71.0 Å². The molecule has 1 aromatic carbocycles. The van der Waals surface area contributed by atoms with E-state index in [1.165, 1.54) is 0 Å². The van der Waals surface area contributed by atoms with Crippen molar-refractivity contribution in [1.29, 1.82) is 0 Å². The molecular formula is C24H27N3O4. The van der Waals surface area contributed by atoms with Gasteiger partial charge in [-0.25, -0.2) is 0 Å². The first kappa shape index (κ1) is 21.2. The molecule has 7 nitrogen and oxygen atoms in total. The van der Waals surface area contributed by atoms with Gasteiger partial charge in [0.05, 0.1) is 24.8 Å². The summed E-state index contributed by atoms with van der Waals surface area (Å²) in [5.41, 5.74) is 3.27. The summed E-state index contributed by atoms with van der Waals surface area (Å²) < 4.78 is 5.39. The highest BCUT2D eigenvalue weighted by Gasteiger charge is 2.46. The maximum absolute atomic E-state index is 13.1. The zero-order chi connectivity index (χ0) is 22.0. The van der Waals surface area contributed by atoms with Crippen LogP contribution in [0.2, 0.25) is 0 Å². The van der Waals surface area contributed by atoms with Gasteiger partial charge in [0.25, 0.3) is 11.7 Å². The Morgan fingerprint density at radius 3 is 2.52 bits per heavy atom. The van der Waals surface area contributed by atoms with Crippen molar-refractivity contribution in [1.82, 2.24) is 14.8 Å². The third kappa shape index (κ3) is 4.24. The average Bonchev–Trinajstić information content (AvgIpc) is 3.05. The second-order valence-corrected chi connectivity index (χ2v) is 8.05. The van der Waals surface area contributed by atoms with Crippen LogP contribution in [0.4, 0.5) is 0 Å². The molecule has 1 aromatic heterocycles. The maximum Gasteiger partial charge on any atom is 0.295 e. The van der Waals surface area contributed by atoms with Gasteiger partial charge in [0.1, 0.15) is 5.76 Å². The first-order valence-electron chi connectivity index (χ1n) is 10.5. The smallest absolute Gasteiger partial charge is 0.295 e. The molecule has 1 amide bonds. The fourth-order valence-electron chi connectivity index (χ4n) is 4.21. The predicted molar refractivity (Wildman–Crippen MR) is 116 cm³/mol. The van der Waals surface area contributed by atoms with Crippen LogP contribution >= 0.6 is 0 Å². The number of benzene rings is 1. The molecule has 0 unspecified atom stereocenters. The third-order valence-electron chi connectivity index (χ3n) is 5.97. The number of aromatic nitrogens is 1. The van der Waals surface area contributed by atoms with Crippen molar-refractivity contribution < 1.29 is 19.4 Å². The summed E-state index contributed by atoms with van der Waals surface area (Å²) in [5.74, 6) is -1.36. The molecule has 2 aromatic rings. The van der Waals surface area contributed by atoms with Gasteiger partial charge in [0, 0.05) is 44.1 Å². The Bertz CT molecular complexity index is 1010. The highest BCUT2D eigenvalue weighted by molar-refractivity contribution is 6.46. The lowest BCUT2D eigenvalue weighted by atomic mass is 9.94. The van der Waals surface area contributed by atoms with Crippen molar-refractivity contribution in [2.75, 3.05) is 39.4 Å². The van der Waals surface area contributed by atoms with Gasteiger partial charge < -0.3 is 14.7 Å². The molecule has 162 valence electrons. The second kappa shape index (κ2) is 8.99. The lowest BCUT2D eigenvalue weighted by Gasteiger charge is -2.31. The van der Waals surface area contributed by atoms with Crippen LogP contribution in [-0.2, 0) is 14.3 Å². The summed E-state index contributed by atoms with van der Waals surface area (Å²) in [6.07, 6.45) is 3.27. The van der Waals surface area contributed by atoms with Gasteiger partial charge >= 0.3 is 0 Å². The largest absolute Gasteiger partial charge is 0.507 e. The molecule has 7 heteroatoms. The summed E-state index contributed by atoms with van der Waals surface area (Å²) in [4.78, 5) is 34.0. The van der Waals surface area contributed by atoms with E-state index in [0.29, 0.717) is 31.9 Å². The number of carbonyl (C=O) groups excluding carboxylic acids is 2. The minimum atomic E-state index is -0.651. The molecule has 3 heterocycles. The van der Waals surface area contributed by atoms with E-state index in [4.69, 9.17) is 4.74 Å². The first-order valence-corrected chi connectivity index (χ1v) is 10.5. The zero-order valence-electron chi connectivity index (χ0n) is 17.9. The lowest BCUT2D eigenvalue weighted by Crippen LogP contribution is -2.42. The second-order valence-electron chi connectivity index (χ2n) is 8.05. The Kier molecular flexibility index (Phi) is 6.15. The first-order chi connectivity index (χ1) is 15.0.